The molecule has 0 unspecified atom stereocenters. The number of primary amides is 1. The van der Waals surface area contributed by atoms with Crippen LogP contribution in [0.1, 0.15) is 45.4 Å². The number of hydrogen-bond acceptors (Lipinski definition) is 5. The molecule has 2 atom stereocenters. The predicted octanol–water partition coefficient (Wildman–Crippen LogP) is -1.28. The molecule has 0 aromatic carbocycles. The lowest BCUT2D eigenvalue weighted by atomic mass is 10.1. The van der Waals surface area contributed by atoms with Gasteiger partial charge in [-0.1, -0.05) is 12.8 Å². The SMILES string of the molecule is C[C@@H](N)C(=O)N[C@@H](CCC(N)=O)C(=O)NCCCCCCN. The van der Waals surface area contributed by atoms with Gasteiger partial charge in [0.15, 0.2) is 0 Å². The van der Waals surface area contributed by atoms with E-state index in [1.54, 1.807) is 0 Å². The first-order valence-corrected chi connectivity index (χ1v) is 7.70. The quantitative estimate of drug-likeness (QED) is 0.284. The first-order chi connectivity index (χ1) is 10.4. The minimum absolute atomic E-state index is 0.0216. The monoisotopic (exact) mass is 315 g/mol. The molecule has 0 heterocycles. The summed E-state index contributed by atoms with van der Waals surface area (Å²) in [7, 11) is 0. The van der Waals surface area contributed by atoms with Crippen LogP contribution < -0.4 is 27.8 Å². The summed E-state index contributed by atoms with van der Waals surface area (Å²) in [4.78, 5) is 34.5. The molecule has 0 aliphatic rings. The fraction of sp³-hybridized carbons (Fsp3) is 0.786. The van der Waals surface area contributed by atoms with Crippen LogP contribution in [0.2, 0.25) is 0 Å². The van der Waals surface area contributed by atoms with Crippen LogP contribution in [-0.4, -0.2) is 42.9 Å². The fourth-order valence-electron chi connectivity index (χ4n) is 1.82. The predicted molar refractivity (Wildman–Crippen MR) is 84.5 cm³/mol. The second kappa shape index (κ2) is 11.9. The molecule has 128 valence electrons. The standard InChI is InChI=1S/C14H29N5O3/c1-10(16)13(21)19-11(6-7-12(17)20)14(22)18-9-5-3-2-4-8-15/h10-11H,2-9,15-16H2,1H3,(H2,17,20)(H,18,22)(H,19,21)/t10-,11+/m1/s1. The minimum atomic E-state index is -0.796. The van der Waals surface area contributed by atoms with Gasteiger partial charge in [-0.15, -0.1) is 0 Å². The number of rotatable bonds is 12. The molecule has 0 aromatic rings. The molecular formula is C14H29N5O3. The highest BCUT2D eigenvalue weighted by Gasteiger charge is 2.22. The Kier molecular flexibility index (Phi) is 11.0. The van der Waals surface area contributed by atoms with Crippen molar-refractivity contribution in [3.63, 3.8) is 0 Å². The van der Waals surface area contributed by atoms with Crippen molar-refractivity contribution in [1.82, 2.24) is 10.6 Å². The van der Waals surface area contributed by atoms with E-state index in [0.717, 1.165) is 25.7 Å². The summed E-state index contributed by atoms with van der Waals surface area (Å²) >= 11 is 0. The number of carbonyl (C=O) groups excluding carboxylic acids is 3. The highest BCUT2D eigenvalue weighted by molar-refractivity contribution is 5.89. The van der Waals surface area contributed by atoms with Gasteiger partial charge >= 0.3 is 0 Å². The van der Waals surface area contributed by atoms with Crippen molar-refractivity contribution in [3.8, 4) is 0 Å². The summed E-state index contributed by atoms with van der Waals surface area (Å²) < 4.78 is 0. The molecule has 0 aromatic heterocycles. The molecule has 0 radical (unpaired) electrons. The van der Waals surface area contributed by atoms with E-state index in [1.165, 1.54) is 6.92 Å². The average molecular weight is 315 g/mol. The summed E-state index contributed by atoms with van der Waals surface area (Å²) in [5, 5.41) is 5.28. The van der Waals surface area contributed by atoms with Gasteiger partial charge in [-0.3, -0.25) is 14.4 Å². The maximum atomic E-state index is 12.1. The summed E-state index contributed by atoms with van der Waals surface area (Å²) in [6, 6.07) is -1.52. The number of nitrogens with one attached hydrogen (secondary N) is 2. The van der Waals surface area contributed by atoms with Crippen LogP contribution >= 0.6 is 0 Å². The van der Waals surface area contributed by atoms with Crippen molar-refractivity contribution >= 4 is 17.7 Å². The van der Waals surface area contributed by atoms with E-state index in [2.05, 4.69) is 10.6 Å². The number of carbonyl (C=O) groups is 3. The molecule has 0 rings (SSSR count). The first-order valence-electron chi connectivity index (χ1n) is 7.70. The molecule has 0 aliphatic carbocycles. The third-order valence-electron chi connectivity index (χ3n) is 3.16. The molecule has 0 aliphatic heterocycles. The molecule has 8 heteroatoms. The molecule has 0 saturated carbocycles. The van der Waals surface area contributed by atoms with E-state index in [4.69, 9.17) is 17.2 Å². The van der Waals surface area contributed by atoms with Gasteiger partial charge in [-0.25, -0.2) is 0 Å². The zero-order valence-electron chi connectivity index (χ0n) is 13.3. The molecular weight excluding hydrogens is 286 g/mol. The van der Waals surface area contributed by atoms with Crippen LogP contribution in [-0.2, 0) is 14.4 Å². The lowest BCUT2D eigenvalue weighted by Gasteiger charge is -2.19. The van der Waals surface area contributed by atoms with Crippen molar-refractivity contribution in [1.29, 1.82) is 0 Å². The van der Waals surface area contributed by atoms with Crippen LogP contribution in [0.15, 0.2) is 0 Å². The minimum Gasteiger partial charge on any atom is -0.370 e. The Morgan fingerprint density at radius 2 is 1.68 bits per heavy atom. The largest absolute Gasteiger partial charge is 0.370 e. The maximum absolute atomic E-state index is 12.1. The van der Waals surface area contributed by atoms with Crippen molar-refractivity contribution < 1.29 is 14.4 Å². The third kappa shape index (κ3) is 10.1. The highest BCUT2D eigenvalue weighted by Crippen LogP contribution is 2.00. The van der Waals surface area contributed by atoms with Gasteiger partial charge < -0.3 is 27.8 Å². The highest BCUT2D eigenvalue weighted by atomic mass is 16.2. The zero-order chi connectivity index (χ0) is 17.0. The number of nitrogens with two attached hydrogens (primary N) is 3. The van der Waals surface area contributed by atoms with E-state index in [9.17, 15) is 14.4 Å². The topological polar surface area (TPSA) is 153 Å². The van der Waals surface area contributed by atoms with Crippen LogP contribution in [0.3, 0.4) is 0 Å². The van der Waals surface area contributed by atoms with E-state index in [1.807, 2.05) is 0 Å². The lowest BCUT2D eigenvalue weighted by molar-refractivity contribution is -0.130. The molecule has 8 nitrogen and oxygen atoms in total. The van der Waals surface area contributed by atoms with E-state index in [0.29, 0.717) is 13.1 Å². The molecule has 0 spiro atoms. The van der Waals surface area contributed by atoms with Gasteiger partial charge in [0.05, 0.1) is 6.04 Å². The number of hydrogen-bond donors (Lipinski definition) is 5. The molecule has 0 fully saturated rings. The van der Waals surface area contributed by atoms with Gasteiger partial charge in [-0.05, 0) is 32.7 Å². The summed E-state index contributed by atoms with van der Waals surface area (Å²) in [5.41, 5.74) is 15.9. The third-order valence-corrected chi connectivity index (χ3v) is 3.16. The van der Waals surface area contributed by atoms with E-state index < -0.39 is 23.9 Å². The Labute approximate surface area is 131 Å². The van der Waals surface area contributed by atoms with Crippen LogP contribution in [0.5, 0.6) is 0 Å². The number of unbranched alkanes of at least 4 members (excludes halogenated alkanes) is 3. The van der Waals surface area contributed by atoms with E-state index >= 15 is 0 Å². The van der Waals surface area contributed by atoms with Gasteiger partial charge in [0.1, 0.15) is 6.04 Å². The molecule has 0 bridgehead atoms. The fourth-order valence-corrected chi connectivity index (χ4v) is 1.82. The number of amides is 3. The van der Waals surface area contributed by atoms with Crippen molar-refractivity contribution in [2.75, 3.05) is 13.1 Å². The molecule has 8 N–H and O–H groups in total. The zero-order valence-corrected chi connectivity index (χ0v) is 13.3. The van der Waals surface area contributed by atoms with E-state index in [-0.39, 0.29) is 18.7 Å². The normalized spacial score (nSPS) is 13.2. The Morgan fingerprint density at radius 3 is 2.23 bits per heavy atom. The van der Waals surface area contributed by atoms with Crippen LogP contribution in [0.25, 0.3) is 0 Å². The van der Waals surface area contributed by atoms with Gasteiger partial charge in [0.25, 0.3) is 0 Å². The smallest absolute Gasteiger partial charge is 0.242 e. The van der Waals surface area contributed by atoms with Gasteiger partial charge in [0.2, 0.25) is 17.7 Å². The molecule has 0 saturated heterocycles. The Hall–Kier alpha value is -1.67. The maximum Gasteiger partial charge on any atom is 0.242 e. The molecule has 22 heavy (non-hydrogen) atoms. The summed E-state index contributed by atoms with van der Waals surface area (Å²) in [6.07, 6.45) is 4.00. The Morgan fingerprint density at radius 1 is 1.05 bits per heavy atom. The van der Waals surface area contributed by atoms with Crippen molar-refractivity contribution in [3.05, 3.63) is 0 Å². The van der Waals surface area contributed by atoms with Crippen molar-refractivity contribution in [2.45, 2.75) is 57.5 Å². The van der Waals surface area contributed by atoms with Gasteiger partial charge in [0, 0.05) is 13.0 Å². The average Bonchev–Trinajstić information content (AvgIpc) is 2.46. The first kappa shape index (κ1) is 20.3. The lowest BCUT2D eigenvalue weighted by Crippen LogP contribution is -2.51. The van der Waals surface area contributed by atoms with Crippen LogP contribution in [0, 0.1) is 0 Å². The summed E-state index contributed by atoms with van der Waals surface area (Å²) in [6.45, 7) is 2.71. The molecule has 3 amide bonds. The second-order valence-electron chi connectivity index (χ2n) is 5.35. The van der Waals surface area contributed by atoms with Crippen molar-refractivity contribution in [2.24, 2.45) is 17.2 Å². The van der Waals surface area contributed by atoms with Crippen LogP contribution in [0.4, 0.5) is 0 Å². The summed E-state index contributed by atoms with van der Waals surface area (Å²) in [5.74, 6) is -1.28. The van der Waals surface area contributed by atoms with Gasteiger partial charge in [-0.2, -0.15) is 0 Å². The second-order valence-corrected chi connectivity index (χ2v) is 5.35. The Balaban J connectivity index is 4.24. The Bertz CT molecular complexity index is 360.